The zero-order valence-electron chi connectivity index (χ0n) is 9.40. The number of aromatic nitrogens is 3. The first-order valence-corrected chi connectivity index (χ1v) is 5.44. The molecule has 0 fully saturated rings. The van der Waals surface area contributed by atoms with Crippen LogP contribution in [-0.2, 0) is 0 Å². The van der Waals surface area contributed by atoms with Crippen LogP contribution in [0.15, 0.2) is 29.1 Å². The lowest BCUT2D eigenvalue weighted by molar-refractivity contribution is 0.102. The lowest BCUT2D eigenvalue weighted by Crippen LogP contribution is -2.19. The number of halogens is 1. The molecule has 2 heterocycles. The van der Waals surface area contributed by atoms with Gasteiger partial charge in [-0.3, -0.25) is 14.9 Å². The van der Waals surface area contributed by atoms with Crippen LogP contribution in [0.4, 0.5) is 5.95 Å². The molecule has 0 bridgehead atoms. The van der Waals surface area contributed by atoms with Gasteiger partial charge in [0, 0.05) is 11.8 Å². The molecule has 92 valence electrons. The second-order valence-corrected chi connectivity index (χ2v) is 3.93. The molecule has 0 saturated carbocycles. The van der Waals surface area contributed by atoms with Crippen molar-refractivity contribution < 1.29 is 4.79 Å². The third-order valence-electron chi connectivity index (χ3n) is 2.06. The molecule has 0 spiro atoms. The van der Waals surface area contributed by atoms with Crippen molar-refractivity contribution in [1.82, 2.24) is 15.0 Å². The maximum atomic E-state index is 11.8. The van der Waals surface area contributed by atoms with Crippen molar-refractivity contribution in [2.24, 2.45) is 0 Å². The summed E-state index contributed by atoms with van der Waals surface area (Å²) < 4.78 is 0. The summed E-state index contributed by atoms with van der Waals surface area (Å²) in [7, 11) is 0. The van der Waals surface area contributed by atoms with Gasteiger partial charge in [-0.1, -0.05) is 17.7 Å². The molecule has 0 unspecified atom stereocenters. The highest BCUT2D eigenvalue weighted by molar-refractivity contribution is 6.29. The number of nitrogens with one attached hydrogen (secondary N) is 2. The number of aryl methyl sites for hydroxylation is 1. The maximum absolute atomic E-state index is 11.8. The molecule has 0 atom stereocenters. The number of carbonyl (C=O) groups is 1. The Morgan fingerprint density at radius 1 is 1.39 bits per heavy atom. The van der Waals surface area contributed by atoms with Crippen LogP contribution in [0.3, 0.4) is 0 Å². The van der Waals surface area contributed by atoms with Gasteiger partial charge in [-0.05, 0) is 19.1 Å². The van der Waals surface area contributed by atoms with Crippen LogP contribution in [0.25, 0.3) is 0 Å². The van der Waals surface area contributed by atoms with E-state index < -0.39 is 5.91 Å². The third-order valence-corrected chi connectivity index (χ3v) is 2.25. The standard InChI is InChI=1S/C11H9ClN4O2/c1-6-5-8(12)15-11(13-6)16-10(18)7-3-2-4-9(17)14-7/h2-5H,1H3,(H,14,17)(H,13,15,16,18). The van der Waals surface area contributed by atoms with Gasteiger partial charge in [0.15, 0.2) is 0 Å². The largest absolute Gasteiger partial charge is 0.318 e. The van der Waals surface area contributed by atoms with Crippen molar-refractivity contribution in [2.75, 3.05) is 5.32 Å². The second-order valence-electron chi connectivity index (χ2n) is 3.54. The van der Waals surface area contributed by atoms with Gasteiger partial charge in [-0.2, -0.15) is 0 Å². The number of hydrogen-bond donors (Lipinski definition) is 2. The Balaban J connectivity index is 2.24. The first kappa shape index (κ1) is 12.3. The van der Waals surface area contributed by atoms with E-state index in [0.29, 0.717) is 5.69 Å². The minimum atomic E-state index is -0.505. The maximum Gasteiger partial charge on any atom is 0.274 e. The van der Waals surface area contributed by atoms with Gasteiger partial charge in [0.2, 0.25) is 11.5 Å². The minimum Gasteiger partial charge on any atom is -0.318 e. The highest BCUT2D eigenvalue weighted by Crippen LogP contribution is 2.10. The SMILES string of the molecule is Cc1cc(Cl)nc(NC(=O)c2cccc(=O)[nH]2)n1. The molecule has 0 aromatic carbocycles. The van der Waals surface area contributed by atoms with E-state index in [1.54, 1.807) is 13.0 Å². The zero-order chi connectivity index (χ0) is 13.1. The quantitative estimate of drug-likeness (QED) is 0.802. The molecule has 1 amide bonds. The van der Waals surface area contributed by atoms with E-state index in [0.717, 1.165) is 0 Å². The van der Waals surface area contributed by atoms with Crippen LogP contribution in [0.5, 0.6) is 0 Å². The summed E-state index contributed by atoms with van der Waals surface area (Å²) >= 11 is 5.74. The van der Waals surface area contributed by atoms with Gasteiger partial charge in [-0.25, -0.2) is 9.97 Å². The molecule has 0 aliphatic heterocycles. The summed E-state index contributed by atoms with van der Waals surface area (Å²) in [4.78, 5) is 33.1. The van der Waals surface area contributed by atoms with E-state index >= 15 is 0 Å². The number of anilines is 1. The van der Waals surface area contributed by atoms with Crippen LogP contribution >= 0.6 is 11.6 Å². The molecule has 0 saturated heterocycles. The Bertz CT molecular complexity index is 633. The van der Waals surface area contributed by atoms with Gasteiger partial charge >= 0.3 is 0 Å². The first-order chi connectivity index (χ1) is 8.54. The smallest absolute Gasteiger partial charge is 0.274 e. The van der Waals surface area contributed by atoms with Crippen LogP contribution in [0, 0.1) is 6.92 Å². The average molecular weight is 265 g/mol. The topological polar surface area (TPSA) is 87.7 Å². The van der Waals surface area contributed by atoms with Gasteiger partial charge in [-0.15, -0.1) is 0 Å². The molecule has 2 rings (SSSR count). The van der Waals surface area contributed by atoms with E-state index in [-0.39, 0.29) is 22.4 Å². The van der Waals surface area contributed by atoms with E-state index in [1.807, 2.05) is 0 Å². The van der Waals surface area contributed by atoms with E-state index in [2.05, 4.69) is 20.3 Å². The van der Waals surface area contributed by atoms with Crippen LogP contribution < -0.4 is 10.9 Å². The van der Waals surface area contributed by atoms with Gasteiger partial charge in [0.05, 0.1) is 0 Å². The normalized spacial score (nSPS) is 10.1. The van der Waals surface area contributed by atoms with Crippen LogP contribution in [0.2, 0.25) is 5.15 Å². The monoisotopic (exact) mass is 264 g/mol. The molecule has 7 heteroatoms. The Hall–Kier alpha value is -2.21. The fourth-order valence-electron chi connectivity index (χ4n) is 1.34. The Morgan fingerprint density at radius 2 is 2.17 bits per heavy atom. The highest BCUT2D eigenvalue weighted by Gasteiger charge is 2.09. The van der Waals surface area contributed by atoms with Crippen molar-refractivity contribution in [3.8, 4) is 0 Å². The van der Waals surface area contributed by atoms with Crippen molar-refractivity contribution in [3.05, 3.63) is 51.2 Å². The molecule has 0 aliphatic carbocycles. The zero-order valence-corrected chi connectivity index (χ0v) is 10.2. The molecule has 2 aromatic rings. The van der Waals surface area contributed by atoms with Crippen molar-refractivity contribution in [3.63, 3.8) is 0 Å². The number of aromatic amines is 1. The summed E-state index contributed by atoms with van der Waals surface area (Å²) in [6, 6.07) is 5.85. The average Bonchev–Trinajstić information content (AvgIpc) is 2.27. The molecule has 2 N–H and O–H groups in total. The Kier molecular flexibility index (Phi) is 3.38. The number of hydrogen-bond acceptors (Lipinski definition) is 4. The summed E-state index contributed by atoms with van der Waals surface area (Å²) in [5, 5.41) is 2.69. The number of amides is 1. The predicted molar refractivity (Wildman–Crippen MR) is 66.8 cm³/mol. The molecule has 2 aromatic heterocycles. The van der Waals surface area contributed by atoms with Crippen LogP contribution in [0.1, 0.15) is 16.2 Å². The summed E-state index contributed by atoms with van der Waals surface area (Å²) in [6.07, 6.45) is 0. The van der Waals surface area contributed by atoms with Crippen molar-refractivity contribution in [2.45, 2.75) is 6.92 Å². The Morgan fingerprint density at radius 3 is 2.83 bits per heavy atom. The number of H-pyrrole nitrogens is 1. The third kappa shape index (κ3) is 2.92. The molecular formula is C11H9ClN4O2. The molecule has 0 radical (unpaired) electrons. The summed E-state index contributed by atoms with van der Waals surface area (Å²) in [5.41, 5.74) is 0.404. The lowest BCUT2D eigenvalue weighted by atomic mass is 10.3. The second kappa shape index (κ2) is 4.97. The number of pyridine rings is 1. The van der Waals surface area contributed by atoms with Gasteiger partial charge < -0.3 is 4.98 Å². The van der Waals surface area contributed by atoms with E-state index in [9.17, 15) is 9.59 Å². The highest BCUT2D eigenvalue weighted by atomic mass is 35.5. The number of nitrogens with zero attached hydrogens (tertiary/aromatic N) is 2. The van der Waals surface area contributed by atoms with E-state index in [1.165, 1.54) is 18.2 Å². The molecule has 6 nitrogen and oxygen atoms in total. The minimum absolute atomic E-state index is 0.0923. The van der Waals surface area contributed by atoms with E-state index in [4.69, 9.17) is 11.6 Å². The number of rotatable bonds is 2. The van der Waals surface area contributed by atoms with Gasteiger partial charge in [0.25, 0.3) is 5.91 Å². The van der Waals surface area contributed by atoms with Crippen molar-refractivity contribution >= 4 is 23.5 Å². The first-order valence-electron chi connectivity index (χ1n) is 5.06. The Labute approximate surface area is 107 Å². The van der Waals surface area contributed by atoms with Gasteiger partial charge in [0.1, 0.15) is 10.8 Å². The lowest BCUT2D eigenvalue weighted by Gasteiger charge is -2.04. The summed E-state index contributed by atoms with van der Waals surface area (Å²) in [5.74, 6) is -0.413. The fourth-order valence-corrected chi connectivity index (χ4v) is 1.57. The molecule has 0 aliphatic rings. The summed E-state index contributed by atoms with van der Waals surface area (Å²) in [6.45, 7) is 1.73. The molecule has 18 heavy (non-hydrogen) atoms. The molecular weight excluding hydrogens is 256 g/mol. The fraction of sp³-hybridized carbons (Fsp3) is 0.0909. The van der Waals surface area contributed by atoms with Crippen molar-refractivity contribution in [1.29, 1.82) is 0 Å². The predicted octanol–water partition coefficient (Wildman–Crippen LogP) is 1.38. The number of carbonyl (C=O) groups excluding carboxylic acids is 1. The van der Waals surface area contributed by atoms with Crippen LogP contribution in [-0.4, -0.2) is 20.9 Å².